The molecule has 1 aromatic heterocycles. The Labute approximate surface area is 148 Å². The first-order valence-electron chi connectivity index (χ1n) is 7.07. The molecule has 24 heavy (non-hydrogen) atoms. The minimum absolute atomic E-state index is 0.292. The van der Waals surface area contributed by atoms with E-state index in [0.717, 1.165) is 5.56 Å². The number of rotatable bonds is 4. The van der Waals surface area contributed by atoms with Crippen LogP contribution in [0, 0.1) is 0 Å². The molecule has 0 atom stereocenters. The van der Waals surface area contributed by atoms with E-state index in [0.29, 0.717) is 27.1 Å². The van der Waals surface area contributed by atoms with Crippen LogP contribution in [0.15, 0.2) is 70.2 Å². The fraction of sp³-hybridized carbons (Fsp3) is 0. The molecular formula is C18H12Cl2N2O2. The summed E-state index contributed by atoms with van der Waals surface area (Å²) in [7, 11) is 0. The molecule has 0 aliphatic heterocycles. The normalized spacial score (nSPS) is 10.9. The van der Waals surface area contributed by atoms with Gasteiger partial charge in [0.15, 0.2) is 0 Å². The number of hydrogen-bond acceptors (Lipinski definition) is 3. The van der Waals surface area contributed by atoms with Gasteiger partial charge in [0.2, 0.25) is 0 Å². The Kier molecular flexibility index (Phi) is 4.99. The molecule has 4 nitrogen and oxygen atoms in total. The van der Waals surface area contributed by atoms with Crippen molar-refractivity contribution >= 4 is 35.3 Å². The van der Waals surface area contributed by atoms with Gasteiger partial charge in [-0.3, -0.25) is 4.79 Å². The number of nitrogens with zero attached hydrogens (tertiary/aromatic N) is 1. The van der Waals surface area contributed by atoms with Gasteiger partial charge in [-0.25, -0.2) is 5.43 Å². The summed E-state index contributed by atoms with van der Waals surface area (Å²) < 4.78 is 5.65. The topological polar surface area (TPSA) is 54.6 Å². The van der Waals surface area contributed by atoms with Crippen LogP contribution in [0.5, 0.6) is 0 Å². The van der Waals surface area contributed by atoms with Crippen LogP contribution in [0.2, 0.25) is 10.0 Å². The molecule has 0 saturated heterocycles. The SMILES string of the molecule is O=C(NN=Cc1ccc(-c2ccc(Cl)cc2Cl)o1)c1ccccc1. The highest BCUT2D eigenvalue weighted by molar-refractivity contribution is 6.36. The molecular weight excluding hydrogens is 347 g/mol. The summed E-state index contributed by atoms with van der Waals surface area (Å²) in [6.07, 6.45) is 1.42. The first-order valence-corrected chi connectivity index (χ1v) is 7.83. The third-order valence-electron chi connectivity index (χ3n) is 3.22. The van der Waals surface area contributed by atoms with E-state index in [1.165, 1.54) is 6.21 Å². The molecule has 0 radical (unpaired) electrons. The van der Waals surface area contributed by atoms with Crippen LogP contribution in [0.1, 0.15) is 16.1 Å². The highest BCUT2D eigenvalue weighted by Crippen LogP contribution is 2.31. The molecule has 0 saturated carbocycles. The summed E-state index contributed by atoms with van der Waals surface area (Å²) in [5.74, 6) is 0.788. The Balaban J connectivity index is 1.69. The highest BCUT2D eigenvalue weighted by Gasteiger charge is 2.08. The zero-order chi connectivity index (χ0) is 16.9. The Hall–Kier alpha value is -2.56. The average Bonchev–Trinajstić information content (AvgIpc) is 3.04. The Morgan fingerprint density at radius 1 is 1.04 bits per heavy atom. The number of hydrogen-bond donors (Lipinski definition) is 1. The number of carbonyl (C=O) groups excluding carboxylic acids is 1. The number of carbonyl (C=O) groups is 1. The van der Waals surface area contributed by atoms with E-state index in [4.69, 9.17) is 27.6 Å². The molecule has 0 aliphatic rings. The average molecular weight is 359 g/mol. The maximum absolute atomic E-state index is 11.9. The lowest BCUT2D eigenvalue weighted by Crippen LogP contribution is -2.17. The summed E-state index contributed by atoms with van der Waals surface area (Å²) in [6.45, 7) is 0. The number of nitrogens with one attached hydrogen (secondary N) is 1. The fourth-order valence-electron chi connectivity index (χ4n) is 2.06. The smallest absolute Gasteiger partial charge is 0.271 e. The van der Waals surface area contributed by atoms with Crippen molar-refractivity contribution in [2.75, 3.05) is 0 Å². The fourth-order valence-corrected chi connectivity index (χ4v) is 2.57. The molecule has 1 N–H and O–H groups in total. The summed E-state index contributed by atoms with van der Waals surface area (Å²) >= 11 is 12.0. The van der Waals surface area contributed by atoms with Crippen molar-refractivity contribution in [2.45, 2.75) is 0 Å². The van der Waals surface area contributed by atoms with Gasteiger partial charge in [-0.15, -0.1) is 0 Å². The lowest BCUT2D eigenvalue weighted by Gasteiger charge is -2.00. The predicted molar refractivity (Wildman–Crippen MR) is 95.7 cm³/mol. The molecule has 6 heteroatoms. The Bertz CT molecular complexity index is 889. The molecule has 3 rings (SSSR count). The minimum atomic E-state index is -0.292. The van der Waals surface area contributed by atoms with Crippen molar-refractivity contribution in [3.05, 3.63) is 82.0 Å². The molecule has 1 amide bonds. The van der Waals surface area contributed by atoms with E-state index in [-0.39, 0.29) is 5.91 Å². The first kappa shape index (κ1) is 16.3. The molecule has 0 fully saturated rings. The monoisotopic (exact) mass is 358 g/mol. The maximum atomic E-state index is 11.9. The molecule has 0 unspecified atom stereocenters. The van der Waals surface area contributed by atoms with E-state index in [1.807, 2.05) is 6.07 Å². The second-order valence-electron chi connectivity index (χ2n) is 4.89. The van der Waals surface area contributed by atoms with Crippen molar-refractivity contribution in [1.82, 2.24) is 5.43 Å². The van der Waals surface area contributed by atoms with E-state index >= 15 is 0 Å². The molecule has 0 aliphatic carbocycles. The second kappa shape index (κ2) is 7.34. The van der Waals surface area contributed by atoms with Gasteiger partial charge in [-0.05, 0) is 42.5 Å². The van der Waals surface area contributed by atoms with Gasteiger partial charge in [-0.1, -0.05) is 41.4 Å². The quantitative estimate of drug-likeness (QED) is 0.525. The van der Waals surface area contributed by atoms with Crippen LogP contribution >= 0.6 is 23.2 Å². The van der Waals surface area contributed by atoms with Crippen LogP contribution in [0.25, 0.3) is 11.3 Å². The lowest BCUT2D eigenvalue weighted by atomic mass is 10.2. The third kappa shape index (κ3) is 3.85. The van der Waals surface area contributed by atoms with Crippen molar-refractivity contribution in [1.29, 1.82) is 0 Å². The van der Waals surface area contributed by atoms with Crippen molar-refractivity contribution < 1.29 is 9.21 Å². The number of amides is 1. The molecule has 120 valence electrons. The molecule has 0 spiro atoms. The van der Waals surface area contributed by atoms with Crippen LogP contribution in [-0.4, -0.2) is 12.1 Å². The van der Waals surface area contributed by atoms with Gasteiger partial charge in [0.25, 0.3) is 5.91 Å². The molecule has 0 bridgehead atoms. The van der Waals surface area contributed by atoms with Gasteiger partial charge in [0, 0.05) is 16.1 Å². The molecule has 2 aromatic carbocycles. The number of halogens is 2. The van der Waals surface area contributed by atoms with Crippen LogP contribution < -0.4 is 5.43 Å². The van der Waals surface area contributed by atoms with E-state index in [2.05, 4.69) is 10.5 Å². The van der Waals surface area contributed by atoms with Gasteiger partial charge < -0.3 is 4.42 Å². The lowest BCUT2D eigenvalue weighted by molar-refractivity contribution is 0.0955. The largest absolute Gasteiger partial charge is 0.455 e. The molecule has 1 heterocycles. The van der Waals surface area contributed by atoms with Gasteiger partial charge in [0.05, 0.1) is 11.2 Å². The summed E-state index contributed by atoms with van der Waals surface area (Å²) in [4.78, 5) is 11.9. The predicted octanol–water partition coefficient (Wildman–Crippen LogP) is 5.02. The Morgan fingerprint density at radius 3 is 2.58 bits per heavy atom. The summed E-state index contributed by atoms with van der Waals surface area (Å²) in [6, 6.07) is 17.5. The van der Waals surface area contributed by atoms with Gasteiger partial charge in [0.1, 0.15) is 11.5 Å². The van der Waals surface area contributed by atoms with Crippen LogP contribution in [-0.2, 0) is 0 Å². The Morgan fingerprint density at radius 2 is 1.83 bits per heavy atom. The van der Waals surface area contributed by atoms with Crippen LogP contribution in [0.3, 0.4) is 0 Å². The number of furan rings is 1. The van der Waals surface area contributed by atoms with E-state index < -0.39 is 0 Å². The highest BCUT2D eigenvalue weighted by atomic mass is 35.5. The third-order valence-corrected chi connectivity index (χ3v) is 3.77. The summed E-state index contributed by atoms with van der Waals surface area (Å²) in [5.41, 5.74) is 3.70. The standard InChI is InChI=1S/C18H12Cl2N2O2/c19-13-6-8-15(16(20)10-13)17-9-7-14(24-17)11-21-22-18(23)12-4-2-1-3-5-12/h1-11H,(H,22,23). The zero-order valence-corrected chi connectivity index (χ0v) is 13.9. The number of benzene rings is 2. The van der Waals surface area contributed by atoms with E-state index in [1.54, 1.807) is 54.6 Å². The summed E-state index contributed by atoms with van der Waals surface area (Å²) in [5, 5.41) is 4.94. The van der Waals surface area contributed by atoms with E-state index in [9.17, 15) is 4.79 Å². The van der Waals surface area contributed by atoms with Crippen molar-refractivity contribution in [3.63, 3.8) is 0 Å². The maximum Gasteiger partial charge on any atom is 0.271 e. The van der Waals surface area contributed by atoms with Crippen LogP contribution in [0.4, 0.5) is 0 Å². The second-order valence-corrected chi connectivity index (χ2v) is 5.73. The zero-order valence-electron chi connectivity index (χ0n) is 12.4. The van der Waals surface area contributed by atoms with Crippen molar-refractivity contribution in [2.24, 2.45) is 5.10 Å². The minimum Gasteiger partial charge on any atom is -0.455 e. The first-order chi connectivity index (χ1) is 11.6. The number of hydrazone groups is 1. The van der Waals surface area contributed by atoms with Crippen molar-refractivity contribution in [3.8, 4) is 11.3 Å². The molecule has 3 aromatic rings. The van der Waals surface area contributed by atoms with Gasteiger partial charge >= 0.3 is 0 Å². The van der Waals surface area contributed by atoms with Gasteiger partial charge in [-0.2, -0.15) is 5.10 Å².